The molecule has 0 N–H and O–H groups in total. The number of hydrogen-bond donors (Lipinski definition) is 0. The summed E-state index contributed by atoms with van der Waals surface area (Å²) < 4.78 is 14.6. The summed E-state index contributed by atoms with van der Waals surface area (Å²) in [6.07, 6.45) is 0. The number of rotatable bonds is 5. The number of esters is 1. The standard InChI is InChI=1S/C20H6Br5Cl5O3/c21-8-9(22)11(24)18(12(25)10(8)23)33-20(31)7-4-2-1-3-6(7)5-32-19-16(29)14(27)13(26)15(28)17(19)30/h1-4H,5H2. The van der Waals surface area contributed by atoms with Crippen molar-refractivity contribution >= 4 is 144 Å². The Balaban J connectivity index is 1.92. The van der Waals surface area contributed by atoms with E-state index >= 15 is 0 Å². The molecule has 0 aromatic heterocycles. The summed E-state index contributed by atoms with van der Waals surface area (Å²) in [5.74, 6) is -0.284. The normalized spacial score (nSPS) is 11.0. The molecule has 0 aliphatic carbocycles. The van der Waals surface area contributed by atoms with Gasteiger partial charge in [0.2, 0.25) is 0 Å². The lowest BCUT2D eigenvalue weighted by Gasteiger charge is -2.16. The average Bonchev–Trinajstić information content (AvgIpc) is 2.81. The van der Waals surface area contributed by atoms with E-state index in [1.807, 2.05) is 0 Å². The van der Waals surface area contributed by atoms with Crippen LogP contribution in [0, 0.1) is 0 Å². The predicted octanol–water partition coefficient (Wildman–Crippen LogP) is 11.6. The van der Waals surface area contributed by atoms with Crippen molar-refractivity contribution in [3.05, 3.63) is 82.9 Å². The molecule has 174 valence electrons. The maximum Gasteiger partial charge on any atom is 0.344 e. The highest BCUT2D eigenvalue weighted by molar-refractivity contribution is 9.15. The molecule has 3 aromatic rings. The lowest BCUT2D eigenvalue weighted by Crippen LogP contribution is -2.13. The SMILES string of the molecule is O=C(Oc1c(Br)c(Br)c(Br)c(Br)c1Br)c1ccccc1COc1c(Cl)c(Cl)c(Cl)c(Cl)c1Cl. The minimum atomic E-state index is -0.610. The second-order valence-electron chi connectivity index (χ2n) is 6.13. The molecule has 0 bridgehead atoms. The Hall–Kier alpha value is 0.780. The quantitative estimate of drug-likeness (QED) is 0.111. The summed E-state index contributed by atoms with van der Waals surface area (Å²) >= 11 is 47.9. The third-order valence-electron chi connectivity index (χ3n) is 4.14. The molecule has 33 heavy (non-hydrogen) atoms. The fourth-order valence-electron chi connectivity index (χ4n) is 2.53. The highest BCUT2D eigenvalue weighted by Crippen LogP contribution is 2.50. The second-order valence-corrected chi connectivity index (χ2v) is 12.0. The first-order valence-electron chi connectivity index (χ1n) is 8.43. The second kappa shape index (κ2) is 11.9. The third kappa shape index (κ3) is 5.86. The molecule has 0 radical (unpaired) electrons. The zero-order valence-corrected chi connectivity index (χ0v) is 27.2. The van der Waals surface area contributed by atoms with Gasteiger partial charge in [-0.2, -0.15) is 0 Å². The Morgan fingerprint density at radius 3 is 1.67 bits per heavy atom. The van der Waals surface area contributed by atoms with Crippen LogP contribution in [0.1, 0.15) is 15.9 Å². The molecule has 0 saturated heterocycles. The number of carbonyl (C=O) groups is 1. The van der Waals surface area contributed by atoms with E-state index < -0.39 is 5.97 Å². The van der Waals surface area contributed by atoms with Crippen LogP contribution in [0.4, 0.5) is 0 Å². The molecule has 0 saturated carbocycles. The van der Waals surface area contributed by atoms with E-state index in [9.17, 15) is 4.79 Å². The number of ether oxygens (including phenoxy) is 2. The van der Waals surface area contributed by atoms with E-state index in [1.54, 1.807) is 24.3 Å². The van der Waals surface area contributed by atoms with Gasteiger partial charge in [-0.25, -0.2) is 4.79 Å². The van der Waals surface area contributed by atoms with Crippen LogP contribution in [-0.2, 0) is 6.61 Å². The van der Waals surface area contributed by atoms with Gasteiger partial charge < -0.3 is 9.47 Å². The van der Waals surface area contributed by atoms with Gasteiger partial charge in [0.1, 0.15) is 16.7 Å². The lowest BCUT2D eigenvalue weighted by molar-refractivity contribution is 0.0729. The van der Waals surface area contributed by atoms with Gasteiger partial charge in [0.25, 0.3) is 0 Å². The van der Waals surface area contributed by atoms with Gasteiger partial charge in [-0.3, -0.25) is 0 Å². The summed E-state index contributed by atoms with van der Waals surface area (Å²) in [6, 6.07) is 6.76. The van der Waals surface area contributed by atoms with E-state index in [0.717, 1.165) is 4.47 Å². The van der Waals surface area contributed by atoms with Crippen molar-refractivity contribution < 1.29 is 14.3 Å². The van der Waals surface area contributed by atoms with Crippen LogP contribution < -0.4 is 9.47 Å². The van der Waals surface area contributed by atoms with Gasteiger partial charge in [-0.05, 0) is 85.7 Å². The molecule has 13 heteroatoms. The van der Waals surface area contributed by atoms with E-state index in [4.69, 9.17) is 67.5 Å². The van der Waals surface area contributed by atoms with Crippen molar-refractivity contribution in [2.75, 3.05) is 0 Å². The van der Waals surface area contributed by atoms with Gasteiger partial charge >= 0.3 is 5.97 Å². The van der Waals surface area contributed by atoms with Gasteiger partial charge in [-0.15, -0.1) is 0 Å². The third-order valence-corrected chi connectivity index (χ3v) is 12.4. The van der Waals surface area contributed by atoms with Gasteiger partial charge in [0, 0.05) is 10.0 Å². The van der Waals surface area contributed by atoms with Crippen LogP contribution in [-0.4, -0.2) is 5.97 Å². The first-order chi connectivity index (χ1) is 15.5. The van der Waals surface area contributed by atoms with Gasteiger partial charge in [-0.1, -0.05) is 76.2 Å². The molecule has 0 amide bonds. The van der Waals surface area contributed by atoms with Crippen molar-refractivity contribution in [1.29, 1.82) is 0 Å². The van der Waals surface area contributed by atoms with Crippen molar-refractivity contribution in [2.24, 2.45) is 0 Å². The first-order valence-corrected chi connectivity index (χ1v) is 14.3. The number of halogens is 10. The van der Waals surface area contributed by atoms with E-state index in [0.29, 0.717) is 23.5 Å². The molecule has 3 nitrogen and oxygen atoms in total. The minimum Gasteiger partial charge on any atom is -0.486 e. The summed E-state index contributed by atoms with van der Waals surface area (Å²) in [7, 11) is 0. The molecular formula is C20H6Br5Cl5O3. The number of carbonyl (C=O) groups excluding carboxylic acids is 1. The molecule has 0 spiro atoms. The predicted molar refractivity (Wildman–Crippen MR) is 152 cm³/mol. The minimum absolute atomic E-state index is 0.00792. The average molecular weight is 871 g/mol. The summed E-state index contributed by atoms with van der Waals surface area (Å²) in [5, 5.41) is 0.0581. The molecular weight excluding hydrogens is 865 g/mol. The summed E-state index contributed by atoms with van der Waals surface area (Å²) in [4.78, 5) is 13.1. The van der Waals surface area contributed by atoms with Crippen LogP contribution in [0.2, 0.25) is 25.1 Å². The van der Waals surface area contributed by atoms with E-state index in [-0.39, 0.29) is 48.8 Å². The Morgan fingerprint density at radius 2 is 1.12 bits per heavy atom. The first kappa shape index (κ1) is 28.4. The number of hydrogen-bond acceptors (Lipinski definition) is 3. The largest absolute Gasteiger partial charge is 0.486 e. The molecule has 3 aromatic carbocycles. The molecule has 0 aliphatic heterocycles. The van der Waals surface area contributed by atoms with Crippen molar-refractivity contribution in [3.63, 3.8) is 0 Å². The Bertz CT molecular complexity index is 1230. The monoisotopic (exact) mass is 863 g/mol. The van der Waals surface area contributed by atoms with E-state index in [2.05, 4.69) is 79.6 Å². The van der Waals surface area contributed by atoms with E-state index in [1.165, 1.54) is 0 Å². The smallest absolute Gasteiger partial charge is 0.344 e. The van der Waals surface area contributed by atoms with Crippen LogP contribution in [0.25, 0.3) is 0 Å². The van der Waals surface area contributed by atoms with Crippen LogP contribution in [0.3, 0.4) is 0 Å². The summed E-state index contributed by atoms with van der Waals surface area (Å²) in [5.41, 5.74) is 0.782. The van der Waals surface area contributed by atoms with Crippen LogP contribution >= 0.6 is 138 Å². The summed E-state index contributed by atoms with van der Waals surface area (Å²) in [6.45, 7) is -0.0743. The zero-order chi connectivity index (χ0) is 24.6. The highest BCUT2D eigenvalue weighted by atomic mass is 79.9. The van der Waals surface area contributed by atoms with Crippen molar-refractivity contribution in [3.8, 4) is 11.5 Å². The molecule has 3 rings (SSSR count). The topological polar surface area (TPSA) is 35.5 Å². The fraction of sp³-hybridized carbons (Fsp3) is 0.0500. The molecule has 0 atom stereocenters. The molecule has 0 heterocycles. The maximum absolute atomic E-state index is 13.1. The number of benzene rings is 3. The van der Waals surface area contributed by atoms with Gasteiger partial charge in [0.15, 0.2) is 11.5 Å². The Labute approximate surface area is 256 Å². The lowest BCUT2D eigenvalue weighted by atomic mass is 10.1. The molecule has 0 aliphatic rings. The Morgan fingerprint density at radius 1 is 0.667 bits per heavy atom. The molecule has 0 unspecified atom stereocenters. The highest BCUT2D eigenvalue weighted by Gasteiger charge is 2.24. The van der Waals surface area contributed by atoms with Crippen molar-refractivity contribution in [1.82, 2.24) is 0 Å². The fourth-order valence-corrected chi connectivity index (χ4v) is 6.93. The van der Waals surface area contributed by atoms with Crippen molar-refractivity contribution in [2.45, 2.75) is 6.61 Å². The maximum atomic E-state index is 13.1. The Kier molecular flexibility index (Phi) is 10.2. The zero-order valence-electron chi connectivity index (χ0n) is 15.5. The molecule has 0 fully saturated rings. The van der Waals surface area contributed by atoms with Crippen LogP contribution in [0.5, 0.6) is 11.5 Å². The van der Waals surface area contributed by atoms with Gasteiger partial charge in [0.05, 0.1) is 38.5 Å². The van der Waals surface area contributed by atoms with Crippen LogP contribution in [0.15, 0.2) is 46.6 Å².